The Morgan fingerprint density at radius 3 is 3.00 bits per heavy atom. The molecule has 2 aliphatic rings. The van der Waals surface area contributed by atoms with Crippen LogP contribution in [0.3, 0.4) is 0 Å². The van der Waals surface area contributed by atoms with Gasteiger partial charge in [0.1, 0.15) is 0 Å². The highest BCUT2D eigenvalue weighted by atomic mass is 32.1. The van der Waals surface area contributed by atoms with E-state index in [2.05, 4.69) is 17.1 Å². The summed E-state index contributed by atoms with van der Waals surface area (Å²) in [6, 6.07) is 5.79. The molecule has 0 amide bonds. The Bertz CT molecular complexity index is 458. The highest BCUT2D eigenvalue weighted by Crippen LogP contribution is 2.34. The average molecular weight is 294 g/mol. The minimum absolute atomic E-state index is 0.0520. The van der Waals surface area contributed by atoms with Crippen LogP contribution < -0.4 is 5.32 Å². The van der Waals surface area contributed by atoms with Crippen molar-refractivity contribution in [3.05, 3.63) is 22.4 Å². The van der Waals surface area contributed by atoms with Crippen molar-refractivity contribution in [2.24, 2.45) is 0 Å². The number of aliphatic carboxylic acids is 1. The minimum atomic E-state index is -0.735. The SMILES string of the molecule is CC1CC(NC(CC(=O)O)c2cccs2)CN1C1CC1. The van der Waals surface area contributed by atoms with E-state index in [-0.39, 0.29) is 12.5 Å². The van der Waals surface area contributed by atoms with Gasteiger partial charge in [0.2, 0.25) is 0 Å². The third-order valence-electron chi connectivity index (χ3n) is 4.34. The van der Waals surface area contributed by atoms with Crippen LogP contribution in [0, 0.1) is 0 Å². The van der Waals surface area contributed by atoms with Gasteiger partial charge in [0, 0.05) is 29.5 Å². The lowest BCUT2D eigenvalue weighted by Crippen LogP contribution is -2.36. The second-order valence-corrected chi connectivity index (χ2v) is 7.02. The first-order valence-electron chi connectivity index (χ1n) is 7.40. The minimum Gasteiger partial charge on any atom is -0.481 e. The van der Waals surface area contributed by atoms with Crippen molar-refractivity contribution in [3.8, 4) is 0 Å². The summed E-state index contributed by atoms with van der Waals surface area (Å²) in [7, 11) is 0. The molecule has 1 saturated heterocycles. The molecule has 2 heterocycles. The van der Waals surface area contributed by atoms with E-state index >= 15 is 0 Å². The molecule has 110 valence electrons. The van der Waals surface area contributed by atoms with Crippen LogP contribution in [-0.2, 0) is 4.79 Å². The van der Waals surface area contributed by atoms with Crippen LogP contribution in [0.25, 0.3) is 0 Å². The standard InChI is InChI=1S/C15H22N2O2S/c1-10-7-11(9-17(10)12-4-5-12)16-13(8-15(18)19)14-3-2-6-20-14/h2-3,6,10-13,16H,4-5,7-9H2,1H3,(H,18,19). The molecule has 4 nitrogen and oxygen atoms in total. The number of carboxylic acids is 1. The Hall–Kier alpha value is -0.910. The van der Waals surface area contributed by atoms with E-state index in [4.69, 9.17) is 5.11 Å². The van der Waals surface area contributed by atoms with Gasteiger partial charge in [-0.15, -0.1) is 11.3 Å². The summed E-state index contributed by atoms with van der Waals surface area (Å²) in [5.41, 5.74) is 0. The number of carbonyl (C=O) groups is 1. The Balaban J connectivity index is 1.63. The van der Waals surface area contributed by atoms with Gasteiger partial charge in [0.25, 0.3) is 0 Å². The van der Waals surface area contributed by atoms with Gasteiger partial charge in [-0.2, -0.15) is 0 Å². The average Bonchev–Trinajstić information content (AvgIpc) is 2.95. The van der Waals surface area contributed by atoms with E-state index in [1.807, 2.05) is 17.5 Å². The molecular formula is C15H22N2O2S. The molecule has 0 aromatic carbocycles. The number of nitrogens with one attached hydrogen (secondary N) is 1. The fraction of sp³-hybridized carbons (Fsp3) is 0.667. The molecule has 0 radical (unpaired) electrons. The van der Waals surface area contributed by atoms with Gasteiger partial charge in [-0.3, -0.25) is 9.69 Å². The summed E-state index contributed by atoms with van der Waals surface area (Å²) in [6.07, 6.45) is 3.95. The maximum atomic E-state index is 11.1. The van der Waals surface area contributed by atoms with Gasteiger partial charge < -0.3 is 10.4 Å². The zero-order valence-electron chi connectivity index (χ0n) is 11.8. The number of carboxylic acid groups (broad SMARTS) is 1. The van der Waals surface area contributed by atoms with E-state index in [9.17, 15) is 4.79 Å². The number of rotatable bonds is 6. The molecule has 1 aromatic rings. The van der Waals surface area contributed by atoms with E-state index in [1.165, 1.54) is 12.8 Å². The first kappa shape index (κ1) is 14.0. The largest absolute Gasteiger partial charge is 0.481 e. The van der Waals surface area contributed by atoms with Gasteiger partial charge in [0.05, 0.1) is 12.5 Å². The molecule has 1 saturated carbocycles. The molecule has 1 aliphatic heterocycles. The van der Waals surface area contributed by atoms with E-state index in [0.29, 0.717) is 12.1 Å². The fourth-order valence-electron chi connectivity index (χ4n) is 3.28. The monoisotopic (exact) mass is 294 g/mol. The topological polar surface area (TPSA) is 52.6 Å². The van der Waals surface area contributed by atoms with Crippen LogP contribution in [0.1, 0.15) is 43.5 Å². The highest BCUT2D eigenvalue weighted by molar-refractivity contribution is 7.10. The maximum absolute atomic E-state index is 11.1. The summed E-state index contributed by atoms with van der Waals surface area (Å²) in [4.78, 5) is 14.8. The second-order valence-electron chi connectivity index (χ2n) is 6.04. The van der Waals surface area contributed by atoms with Crippen LogP contribution in [0.5, 0.6) is 0 Å². The van der Waals surface area contributed by atoms with Crippen LogP contribution in [0.15, 0.2) is 17.5 Å². The first-order chi connectivity index (χ1) is 9.63. The van der Waals surface area contributed by atoms with Crippen LogP contribution >= 0.6 is 11.3 Å². The van der Waals surface area contributed by atoms with E-state index in [0.717, 1.165) is 23.9 Å². The lowest BCUT2D eigenvalue weighted by Gasteiger charge is -2.22. The number of likely N-dealkylation sites (tertiary alicyclic amines) is 1. The molecule has 0 bridgehead atoms. The second kappa shape index (κ2) is 5.84. The van der Waals surface area contributed by atoms with Crippen molar-refractivity contribution >= 4 is 17.3 Å². The summed E-state index contributed by atoms with van der Waals surface area (Å²) < 4.78 is 0. The number of hydrogen-bond acceptors (Lipinski definition) is 4. The summed E-state index contributed by atoms with van der Waals surface area (Å²) in [5, 5.41) is 14.7. The van der Waals surface area contributed by atoms with Crippen molar-refractivity contribution in [3.63, 3.8) is 0 Å². The number of thiophene rings is 1. The van der Waals surface area contributed by atoms with Crippen LogP contribution in [0.4, 0.5) is 0 Å². The zero-order chi connectivity index (χ0) is 14.1. The lowest BCUT2D eigenvalue weighted by atomic mass is 10.1. The Morgan fingerprint density at radius 1 is 1.60 bits per heavy atom. The molecule has 3 rings (SSSR count). The maximum Gasteiger partial charge on any atom is 0.305 e. The van der Waals surface area contributed by atoms with Crippen molar-refractivity contribution in [1.82, 2.24) is 10.2 Å². The predicted molar refractivity (Wildman–Crippen MR) is 80.0 cm³/mol. The highest BCUT2D eigenvalue weighted by Gasteiger charge is 2.39. The fourth-order valence-corrected chi connectivity index (χ4v) is 4.07. The molecule has 0 spiro atoms. The zero-order valence-corrected chi connectivity index (χ0v) is 12.6. The normalized spacial score (nSPS) is 28.6. The third-order valence-corrected chi connectivity index (χ3v) is 5.33. The molecule has 2 fully saturated rings. The Kier molecular flexibility index (Phi) is 4.10. The van der Waals surface area contributed by atoms with Crippen molar-refractivity contribution in [2.75, 3.05) is 6.54 Å². The van der Waals surface area contributed by atoms with E-state index < -0.39 is 5.97 Å². The van der Waals surface area contributed by atoms with E-state index in [1.54, 1.807) is 11.3 Å². The van der Waals surface area contributed by atoms with Crippen molar-refractivity contribution in [1.29, 1.82) is 0 Å². The summed E-state index contributed by atoms with van der Waals surface area (Å²) in [6.45, 7) is 3.35. The third kappa shape index (κ3) is 3.22. The van der Waals surface area contributed by atoms with Gasteiger partial charge in [-0.1, -0.05) is 6.07 Å². The van der Waals surface area contributed by atoms with Crippen LogP contribution in [0.2, 0.25) is 0 Å². The smallest absolute Gasteiger partial charge is 0.305 e. The quantitative estimate of drug-likeness (QED) is 0.846. The van der Waals surface area contributed by atoms with Crippen molar-refractivity contribution < 1.29 is 9.90 Å². The molecule has 5 heteroatoms. The Morgan fingerprint density at radius 2 is 2.40 bits per heavy atom. The van der Waals surface area contributed by atoms with Gasteiger partial charge in [-0.25, -0.2) is 0 Å². The van der Waals surface area contributed by atoms with Crippen molar-refractivity contribution in [2.45, 2.75) is 56.8 Å². The lowest BCUT2D eigenvalue weighted by molar-refractivity contribution is -0.137. The molecule has 1 aromatic heterocycles. The number of nitrogens with zero attached hydrogens (tertiary/aromatic N) is 1. The summed E-state index contributed by atoms with van der Waals surface area (Å²) in [5.74, 6) is -0.735. The molecule has 3 unspecified atom stereocenters. The van der Waals surface area contributed by atoms with Crippen LogP contribution in [-0.4, -0.2) is 40.6 Å². The first-order valence-corrected chi connectivity index (χ1v) is 8.28. The Labute approximate surface area is 123 Å². The van der Waals surface area contributed by atoms with Gasteiger partial charge >= 0.3 is 5.97 Å². The molecular weight excluding hydrogens is 272 g/mol. The molecule has 20 heavy (non-hydrogen) atoms. The van der Waals surface area contributed by atoms with Gasteiger partial charge in [-0.05, 0) is 37.6 Å². The molecule has 2 N–H and O–H groups in total. The number of hydrogen-bond donors (Lipinski definition) is 2. The summed E-state index contributed by atoms with van der Waals surface area (Å²) >= 11 is 1.64. The van der Waals surface area contributed by atoms with Gasteiger partial charge in [0.15, 0.2) is 0 Å². The predicted octanol–water partition coefficient (Wildman–Crippen LogP) is 2.48. The molecule has 3 atom stereocenters. The molecule has 1 aliphatic carbocycles.